The Morgan fingerprint density at radius 3 is 2.45 bits per heavy atom. The Kier molecular flexibility index (Phi) is 6.68. The summed E-state index contributed by atoms with van der Waals surface area (Å²) in [6.45, 7) is 6.94. The Bertz CT molecular complexity index is 441. The fraction of sp³-hybridized carbons (Fsp3) is 0.562. The molecule has 0 aliphatic rings. The van der Waals surface area contributed by atoms with E-state index in [0.29, 0.717) is 24.7 Å². The number of rotatable bonds is 8. The van der Waals surface area contributed by atoms with Crippen LogP contribution in [0.5, 0.6) is 5.75 Å². The van der Waals surface area contributed by atoms with Crippen LogP contribution in [0.25, 0.3) is 0 Å². The summed E-state index contributed by atoms with van der Waals surface area (Å²) in [5.41, 5.74) is 1.34. The van der Waals surface area contributed by atoms with Crippen LogP contribution < -0.4 is 0 Å². The largest absolute Gasteiger partial charge is 0.508 e. The molecule has 0 heterocycles. The lowest BCUT2D eigenvalue weighted by molar-refractivity contribution is 0.101. The lowest BCUT2D eigenvalue weighted by Crippen LogP contribution is -2.36. The van der Waals surface area contributed by atoms with E-state index in [4.69, 9.17) is 0 Å². The van der Waals surface area contributed by atoms with Gasteiger partial charge in [0.1, 0.15) is 5.75 Å². The van der Waals surface area contributed by atoms with E-state index in [-0.39, 0.29) is 18.1 Å². The Morgan fingerprint density at radius 2 is 1.95 bits per heavy atom. The number of carbonyl (C=O) groups is 1. The van der Waals surface area contributed by atoms with E-state index in [1.165, 1.54) is 6.92 Å². The van der Waals surface area contributed by atoms with Crippen LogP contribution in [0.3, 0.4) is 0 Å². The van der Waals surface area contributed by atoms with Gasteiger partial charge in [-0.25, -0.2) is 0 Å². The average molecular weight is 279 g/mol. The molecule has 0 radical (unpaired) electrons. The van der Waals surface area contributed by atoms with Gasteiger partial charge in [-0.3, -0.25) is 9.69 Å². The SMILES string of the molecule is CCC(CC)N(CCO)Cc1cc(C(C)=O)ccc1O. The molecular weight excluding hydrogens is 254 g/mol. The monoisotopic (exact) mass is 279 g/mol. The minimum absolute atomic E-state index is 0.0116. The molecule has 0 amide bonds. The molecule has 2 N–H and O–H groups in total. The number of nitrogens with zero attached hydrogens (tertiary/aromatic N) is 1. The molecule has 4 nitrogen and oxygen atoms in total. The standard InChI is InChI=1S/C16H25NO3/c1-4-15(5-2)17(8-9-18)11-14-10-13(12(3)19)6-7-16(14)20/h6-7,10,15,18,20H,4-5,8-9,11H2,1-3H3. The highest BCUT2D eigenvalue weighted by Gasteiger charge is 2.17. The fourth-order valence-corrected chi connectivity index (χ4v) is 2.47. The molecule has 0 saturated carbocycles. The Morgan fingerprint density at radius 1 is 1.30 bits per heavy atom. The zero-order valence-corrected chi connectivity index (χ0v) is 12.6. The predicted octanol–water partition coefficient (Wildman–Crippen LogP) is 2.58. The van der Waals surface area contributed by atoms with Gasteiger partial charge in [-0.2, -0.15) is 0 Å². The summed E-state index contributed by atoms with van der Waals surface area (Å²) in [7, 11) is 0. The first kappa shape index (κ1) is 16.7. The van der Waals surface area contributed by atoms with E-state index in [9.17, 15) is 15.0 Å². The lowest BCUT2D eigenvalue weighted by Gasteiger charge is -2.30. The van der Waals surface area contributed by atoms with Gasteiger partial charge in [0.05, 0.1) is 6.61 Å². The van der Waals surface area contributed by atoms with Gasteiger partial charge in [0.2, 0.25) is 0 Å². The Balaban J connectivity index is 2.97. The number of benzene rings is 1. The summed E-state index contributed by atoms with van der Waals surface area (Å²) in [6.07, 6.45) is 1.98. The van der Waals surface area contributed by atoms with Gasteiger partial charge in [0.15, 0.2) is 5.78 Å². The first-order valence-corrected chi connectivity index (χ1v) is 7.21. The molecule has 1 rings (SSSR count). The number of phenols is 1. The molecule has 0 aliphatic heterocycles. The molecule has 0 bridgehead atoms. The second-order valence-electron chi connectivity index (χ2n) is 5.06. The van der Waals surface area contributed by atoms with Gasteiger partial charge in [-0.1, -0.05) is 13.8 Å². The number of ketones is 1. The van der Waals surface area contributed by atoms with Crippen molar-refractivity contribution in [1.29, 1.82) is 0 Å². The van der Waals surface area contributed by atoms with Crippen LogP contribution in [0.15, 0.2) is 18.2 Å². The molecule has 4 heteroatoms. The molecule has 0 aliphatic carbocycles. The smallest absolute Gasteiger partial charge is 0.159 e. The highest BCUT2D eigenvalue weighted by molar-refractivity contribution is 5.94. The zero-order chi connectivity index (χ0) is 15.1. The van der Waals surface area contributed by atoms with Crippen LogP contribution in [0, 0.1) is 0 Å². The fourth-order valence-electron chi connectivity index (χ4n) is 2.47. The second-order valence-corrected chi connectivity index (χ2v) is 5.06. The van der Waals surface area contributed by atoms with Crippen LogP contribution in [0.1, 0.15) is 49.5 Å². The summed E-state index contributed by atoms with van der Waals surface area (Å²) in [5, 5.41) is 19.2. The van der Waals surface area contributed by atoms with E-state index in [1.807, 2.05) is 0 Å². The lowest BCUT2D eigenvalue weighted by atomic mass is 10.0. The van der Waals surface area contributed by atoms with Crippen LogP contribution >= 0.6 is 0 Å². The van der Waals surface area contributed by atoms with Crippen LogP contribution in [0.2, 0.25) is 0 Å². The van der Waals surface area contributed by atoms with Crippen molar-refractivity contribution in [1.82, 2.24) is 4.90 Å². The van der Waals surface area contributed by atoms with E-state index in [0.717, 1.165) is 18.4 Å². The van der Waals surface area contributed by atoms with Gasteiger partial charge in [0.25, 0.3) is 0 Å². The van der Waals surface area contributed by atoms with Crippen LogP contribution in [-0.2, 0) is 6.54 Å². The van der Waals surface area contributed by atoms with Crippen molar-refractivity contribution in [2.45, 2.75) is 46.2 Å². The van der Waals surface area contributed by atoms with Crippen molar-refractivity contribution in [3.05, 3.63) is 29.3 Å². The maximum atomic E-state index is 11.4. The molecule has 0 spiro atoms. The highest BCUT2D eigenvalue weighted by atomic mass is 16.3. The average Bonchev–Trinajstić information content (AvgIpc) is 2.42. The molecule has 20 heavy (non-hydrogen) atoms. The quantitative estimate of drug-likeness (QED) is 0.718. The van der Waals surface area contributed by atoms with E-state index < -0.39 is 0 Å². The van der Waals surface area contributed by atoms with Crippen LogP contribution in [-0.4, -0.2) is 40.1 Å². The van der Waals surface area contributed by atoms with E-state index >= 15 is 0 Å². The van der Waals surface area contributed by atoms with Crippen molar-refractivity contribution < 1.29 is 15.0 Å². The predicted molar refractivity (Wildman–Crippen MR) is 80.0 cm³/mol. The van der Waals surface area contributed by atoms with Crippen molar-refractivity contribution in [2.24, 2.45) is 0 Å². The minimum Gasteiger partial charge on any atom is -0.508 e. The molecule has 0 saturated heterocycles. The number of hydrogen-bond donors (Lipinski definition) is 2. The number of aliphatic hydroxyl groups excluding tert-OH is 1. The summed E-state index contributed by atoms with van der Waals surface area (Å²) < 4.78 is 0. The van der Waals surface area contributed by atoms with Crippen molar-refractivity contribution >= 4 is 5.78 Å². The molecule has 1 aromatic rings. The van der Waals surface area contributed by atoms with Gasteiger partial charge >= 0.3 is 0 Å². The summed E-state index contributed by atoms with van der Waals surface area (Å²) in [6, 6.07) is 5.30. The van der Waals surface area contributed by atoms with Crippen molar-refractivity contribution in [3.63, 3.8) is 0 Å². The molecule has 0 atom stereocenters. The maximum absolute atomic E-state index is 11.4. The Hall–Kier alpha value is -1.39. The normalized spacial score (nSPS) is 11.3. The zero-order valence-electron chi connectivity index (χ0n) is 12.6. The number of phenolic OH excluding ortho intramolecular Hbond substituents is 1. The van der Waals surface area contributed by atoms with Gasteiger partial charge in [-0.15, -0.1) is 0 Å². The molecule has 0 aromatic heterocycles. The van der Waals surface area contributed by atoms with Crippen molar-refractivity contribution in [3.8, 4) is 5.75 Å². The Labute approximate surface area is 121 Å². The molecule has 0 unspecified atom stereocenters. The molecule has 0 fully saturated rings. The highest BCUT2D eigenvalue weighted by Crippen LogP contribution is 2.22. The molecular formula is C16H25NO3. The van der Waals surface area contributed by atoms with Crippen molar-refractivity contribution in [2.75, 3.05) is 13.2 Å². The topological polar surface area (TPSA) is 60.8 Å². The van der Waals surface area contributed by atoms with Crippen LogP contribution in [0.4, 0.5) is 0 Å². The summed E-state index contributed by atoms with van der Waals surface area (Å²) in [5.74, 6) is 0.186. The maximum Gasteiger partial charge on any atom is 0.159 e. The first-order chi connectivity index (χ1) is 9.53. The number of carbonyl (C=O) groups excluding carboxylic acids is 1. The minimum atomic E-state index is -0.0116. The second kappa shape index (κ2) is 8.02. The number of Topliss-reactive ketones (excluding diaryl/α,β-unsaturated/α-hetero) is 1. The summed E-state index contributed by atoms with van der Waals surface area (Å²) >= 11 is 0. The third-order valence-electron chi connectivity index (χ3n) is 3.71. The molecule has 112 valence electrons. The number of aromatic hydroxyl groups is 1. The third-order valence-corrected chi connectivity index (χ3v) is 3.71. The van der Waals surface area contributed by atoms with E-state index in [1.54, 1.807) is 18.2 Å². The third kappa shape index (κ3) is 4.32. The van der Waals surface area contributed by atoms with Gasteiger partial charge in [0, 0.05) is 30.3 Å². The van der Waals surface area contributed by atoms with E-state index in [2.05, 4.69) is 18.7 Å². The van der Waals surface area contributed by atoms with Gasteiger partial charge in [-0.05, 0) is 38.0 Å². The molecule has 1 aromatic carbocycles. The number of hydrogen-bond acceptors (Lipinski definition) is 4. The first-order valence-electron chi connectivity index (χ1n) is 7.21. The summed E-state index contributed by atoms with van der Waals surface area (Å²) in [4.78, 5) is 13.6. The number of aliphatic hydroxyl groups is 1. The van der Waals surface area contributed by atoms with Gasteiger partial charge < -0.3 is 10.2 Å².